The van der Waals surface area contributed by atoms with E-state index in [2.05, 4.69) is 0 Å². The van der Waals surface area contributed by atoms with E-state index in [4.69, 9.17) is 172 Å². The SMILES string of the molecule is Clc1c(Cl)c(Cl)c(OCc2c(Cl)c(Cl)c(Cl)c(COc3c(Cl)c(Cl)c(Cl)c(Cl)c3Cl)c2Cl)c(Cl)c1Cl. The summed E-state index contributed by atoms with van der Waals surface area (Å²) in [4.78, 5) is 0. The summed E-state index contributed by atoms with van der Waals surface area (Å²) in [5, 5.41) is -0.592. The molecule has 0 spiro atoms. The van der Waals surface area contributed by atoms with Gasteiger partial charge in [0.2, 0.25) is 0 Å². The number of hydrogen-bond acceptors (Lipinski definition) is 2. The van der Waals surface area contributed by atoms with Gasteiger partial charge >= 0.3 is 0 Å². The molecule has 0 heterocycles. The summed E-state index contributed by atoms with van der Waals surface area (Å²) in [6, 6.07) is 0. The van der Waals surface area contributed by atoms with Crippen LogP contribution in [0, 0.1) is 0 Å². The van der Waals surface area contributed by atoms with Gasteiger partial charge in [-0.2, -0.15) is 0 Å². The molecule has 3 aromatic carbocycles. The lowest BCUT2D eigenvalue weighted by atomic mass is 10.1. The zero-order valence-corrected chi connectivity index (χ0v) is 27.1. The van der Waals surface area contributed by atoms with Crippen LogP contribution in [0.15, 0.2) is 0 Å². The summed E-state index contributed by atoms with van der Waals surface area (Å²) in [5.74, 6) is -0.115. The van der Waals surface area contributed by atoms with Crippen LogP contribution in [-0.4, -0.2) is 0 Å². The van der Waals surface area contributed by atoms with Crippen LogP contribution < -0.4 is 9.47 Å². The van der Waals surface area contributed by atoms with Crippen LogP contribution in [0.25, 0.3) is 0 Å². The van der Waals surface area contributed by atoms with Gasteiger partial charge in [0.15, 0.2) is 11.5 Å². The molecule has 0 atom stereocenters. The maximum atomic E-state index is 6.59. The highest BCUT2D eigenvalue weighted by atomic mass is 35.5. The number of halogens is 14. The minimum absolute atomic E-state index is 0.00228. The second kappa shape index (κ2) is 12.9. The fraction of sp³-hybridized carbons (Fsp3) is 0.100. The van der Waals surface area contributed by atoms with Crippen molar-refractivity contribution >= 4 is 162 Å². The zero-order chi connectivity index (χ0) is 27.2. The molecule has 0 bridgehead atoms. The first kappa shape index (κ1) is 31.8. The first-order valence-electron chi connectivity index (χ1n) is 8.84. The quantitative estimate of drug-likeness (QED) is 0.184. The summed E-state index contributed by atoms with van der Waals surface area (Å²) < 4.78 is 11.5. The van der Waals surface area contributed by atoms with E-state index in [1.54, 1.807) is 0 Å². The smallest absolute Gasteiger partial charge is 0.160 e. The third-order valence-corrected chi connectivity index (χ3v) is 10.9. The lowest BCUT2D eigenvalue weighted by Gasteiger charge is -2.19. The van der Waals surface area contributed by atoms with Crippen molar-refractivity contribution in [2.24, 2.45) is 0 Å². The van der Waals surface area contributed by atoms with Crippen molar-refractivity contribution in [3.05, 3.63) is 81.4 Å². The average Bonchev–Trinajstić information content (AvgIpc) is 2.85. The summed E-state index contributed by atoms with van der Waals surface area (Å²) in [5.41, 5.74) is 0.426. The van der Waals surface area contributed by atoms with Crippen LogP contribution in [0.1, 0.15) is 11.1 Å². The third-order valence-electron chi connectivity index (χ3n) is 4.51. The fourth-order valence-corrected chi connectivity index (χ4v) is 6.32. The summed E-state index contributed by atoms with van der Waals surface area (Å²) >= 11 is 86.9. The van der Waals surface area contributed by atoms with Crippen LogP contribution in [0.3, 0.4) is 0 Å². The van der Waals surface area contributed by atoms with E-state index >= 15 is 0 Å². The van der Waals surface area contributed by atoms with Crippen molar-refractivity contribution in [3.8, 4) is 11.5 Å². The van der Waals surface area contributed by atoms with E-state index in [0.717, 1.165) is 0 Å². The van der Waals surface area contributed by atoms with Crippen LogP contribution in [0.5, 0.6) is 11.5 Å². The summed E-state index contributed by atoms with van der Waals surface area (Å²) in [6.45, 7) is -0.565. The van der Waals surface area contributed by atoms with Gasteiger partial charge in [0.25, 0.3) is 0 Å². The number of ether oxygens (including phenoxy) is 2. The summed E-state index contributed by atoms with van der Waals surface area (Å²) in [6.07, 6.45) is 0. The van der Waals surface area contributed by atoms with Crippen molar-refractivity contribution in [2.75, 3.05) is 0 Å². The highest BCUT2D eigenvalue weighted by Gasteiger charge is 2.26. The normalized spacial score (nSPS) is 11.3. The Hall–Kier alpha value is 1.32. The van der Waals surface area contributed by atoms with Crippen molar-refractivity contribution in [1.29, 1.82) is 0 Å². The lowest BCUT2D eigenvalue weighted by molar-refractivity contribution is 0.300. The van der Waals surface area contributed by atoms with Gasteiger partial charge in [0.05, 0.1) is 50.2 Å². The number of benzene rings is 3. The van der Waals surface area contributed by atoms with Crippen molar-refractivity contribution in [3.63, 3.8) is 0 Å². The fourth-order valence-electron chi connectivity index (χ4n) is 2.70. The Bertz CT molecular complexity index is 1230. The minimum atomic E-state index is -0.282. The predicted molar refractivity (Wildman–Crippen MR) is 158 cm³/mol. The Kier molecular flexibility index (Phi) is 11.4. The maximum Gasteiger partial charge on any atom is 0.160 e. The van der Waals surface area contributed by atoms with Gasteiger partial charge in [-0.15, -0.1) is 0 Å². The van der Waals surface area contributed by atoms with E-state index in [1.165, 1.54) is 0 Å². The zero-order valence-electron chi connectivity index (χ0n) is 16.5. The minimum Gasteiger partial charge on any atom is -0.486 e. The average molecular weight is 773 g/mol. The van der Waals surface area contributed by atoms with Gasteiger partial charge in [-0.25, -0.2) is 0 Å². The van der Waals surface area contributed by atoms with Gasteiger partial charge in [0, 0.05) is 11.1 Å². The van der Waals surface area contributed by atoms with Gasteiger partial charge in [-0.3, -0.25) is 0 Å². The molecule has 2 nitrogen and oxygen atoms in total. The van der Waals surface area contributed by atoms with Crippen molar-refractivity contribution in [1.82, 2.24) is 0 Å². The van der Waals surface area contributed by atoms with E-state index in [0.29, 0.717) is 0 Å². The molecule has 0 aliphatic heterocycles. The first-order chi connectivity index (χ1) is 16.7. The molecule has 16 heteroatoms. The Morgan fingerprint density at radius 3 is 0.778 bits per heavy atom. The highest BCUT2D eigenvalue weighted by molar-refractivity contribution is 6.57. The Morgan fingerprint density at radius 1 is 0.278 bits per heavy atom. The molecule has 0 saturated carbocycles. The van der Waals surface area contributed by atoms with E-state index in [9.17, 15) is 0 Å². The monoisotopic (exact) mass is 766 g/mol. The Labute approximate surface area is 275 Å². The second-order valence-corrected chi connectivity index (χ2v) is 11.9. The highest BCUT2D eigenvalue weighted by Crippen LogP contribution is 2.51. The summed E-state index contributed by atoms with van der Waals surface area (Å²) in [7, 11) is 0. The van der Waals surface area contributed by atoms with Crippen molar-refractivity contribution < 1.29 is 9.47 Å². The molecule has 0 amide bonds. The molecular weight excluding hydrogens is 769 g/mol. The maximum absolute atomic E-state index is 6.59. The van der Waals surface area contributed by atoms with Crippen LogP contribution in [-0.2, 0) is 13.2 Å². The molecule has 36 heavy (non-hydrogen) atoms. The topological polar surface area (TPSA) is 18.5 Å². The standard InChI is InChI=1S/C20H4Cl14O2/c21-5-3(1-35-19-15(31)11(27)9(25)12(28)16(19)32)6(22)8(24)7(23)4(5)2-36-20-17(33)13(29)10(26)14(30)18(20)34/h1-2H2. The third kappa shape index (κ3) is 5.99. The Morgan fingerprint density at radius 2 is 0.500 bits per heavy atom. The van der Waals surface area contributed by atoms with E-state index in [1.807, 2.05) is 0 Å². The van der Waals surface area contributed by atoms with E-state index < -0.39 is 0 Å². The predicted octanol–water partition coefficient (Wildman–Crippen LogP) is 14.0. The second-order valence-electron chi connectivity index (χ2n) is 6.59. The molecule has 0 aliphatic carbocycles. The molecular formula is C20H4Cl14O2. The van der Waals surface area contributed by atoms with Crippen molar-refractivity contribution in [2.45, 2.75) is 13.2 Å². The van der Waals surface area contributed by atoms with Gasteiger partial charge in [0.1, 0.15) is 33.3 Å². The molecule has 0 unspecified atom stereocenters. The van der Waals surface area contributed by atoms with Gasteiger partial charge in [-0.1, -0.05) is 162 Å². The molecule has 3 aromatic rings. The molecule has 0 N–H and O–H groups in total. The molecule has 194 valence electrons. The molecule has 0 radical (unpaired) electrons. The van der Waals surface area contributed by atoms with Crippen LogP contribution >= 0.6 is 162 Å². The molecule has 0 aliphatic rings. The number of rotatable bonds is 6. The molecule has 3 rings (SSSR count). The first-order valence-corrected chi connectivity index (χ1v) is 14.1. The van der Waals surface area contributed by atoms with Crippen LogP contribution in [0.2, 0.25) is 70.3 Å². The molecule has 0 aromatic heterocycles. The van der Waals surface area contributed by atoms with Gasteiger partial charge in [-0.05, 0) is 0 Å². The largest absolute Gasteiger partial charge is 0.486 e. The molecule has 0 fully saturated rings. The Balaban J connectivity index is 2.00. The lowest BCUT2D eigenvalue weighted by Crippen LogP contribution is -2.05. The number of hydrogen-bond donors (Lipinski definition) is 0. The molecule has 0 saturated heterocycles. The van der Waals surface area contributed by atoms with Crippen LogP contribution in [0.4, 0.5) is 0 Å². The van der Waals surface area contributed by atoms with Gasteiger partial charge < -0.3 is 9.47 Å². The van der Waals surface area contributed by atoms with E-state index in [-0.39, 0.29) is 106 Å².